The lowest BCUT2D eigenvalue weighted by Crippen LogP contribution is -2.31. The molecule has 6 nitrogen and oxygen atoms in total. The highest BCUT2D eigenvalue weighted by atomic mass is 35.5. The van der Waals surface area contributed by atoms with Gasteiger partial charge in [0, 0.05) is 29.4 Å². The Balaban J connectivity index is 1.85. The first-order valence-electron chi connectivity index (χ1n) is 7.51. The van der Waals surface area contributed by atoms with Crippen LogP contribution in [0.1, 0.15) is 10.4 Å². The number of sulfone groups is 1. The van der Waals surface area contributed by atoms with Crippen molar-refractivity contribution >= 4 is 56.4 Å². The fraction of sp³-hybridized carbons (Fsp3) is 0.176. The lowest BCUT2D eigenvalue weighted by atomic mass is 10.1. The van der Waals surface area contributed by atoms with Gasteiger partial charge in [0.1, 0.15) is 0 Å². The van der Waals surface area contributed by atoms with Crippen LogP contribution in [0.25, 0.3) is 0 Å². The van der Waals surface area contributed by atoms with Gasteiger partial charge in [-0.1, -0.05) is 11.6 Å². The molecule has 136 valence electrons. The summed E-state index contributed by atoms with van der Waals surface area (Å²) in [6, 6.07) is 9.35. The zero-order chi connectivity index (χ0) is 19.1. The van der Waals surface area contributed by atoms with Crippen molar-refractivity contribution in [2.45, 2.75) is 9.79 Å². The van der Waals surface area contributed by atoms with Crippen LogP contribution in [-0.4, -0.2) is 39.3 Å². The summed E-state index contributed by atoms with van der Waals surface area (Å²) in [5.74, 6) is -0.0316. The number of carbonyl (C=O) groups is 2. The molecular weight excluding hydrogens is 396 g/mol. The number of halogens is 1. The Bertz CT molecular complexity index is 1020. The maximum atomic E-state index is 12.5. The number of fused-ring (bicyclic) bond motifs is 1. The van der Waals surface area contributed by atoms with Crippen molar-refractivity contribution in [1.82, 2.24) is 0 Å². The molecule has 0 radical (unpaired) electrons. The van der Waals surface area contributed by atoms with E-state index in [-0.39, 0.29) is 21.7 Å². The lowest BCUT2D eigenvalue weighted by molar-refractivity contribution is -0.116. The number of nitrogens with one attached hydrogen (secondary N) is 1. The van der Waals surface area contributed by atoms with Crippen LogP contribution >= 0.6 is 23.4 Å². The number of anilines is 2. The molecule has 0 unspecified atom stereocenters. The van der Waals surface area contributed by atoms with Crippen LogP contribution in [0, 0.1) is 0 Å². The van der Waals surface area contributed by atoms with Gasteiger partial charge in [0.05, 0.1) is 21.4 Å². The number of thioether (sulfide) groups is 1. The largest absolute Gasteiger partial charge is 0.322 e. The van der Waals surface area contributed by atoms with Crippen molar-refractivity contribution in [2.24, 2.45) is 0 Å². The molecule has 26 heavy (non-hydrogen) atoms. The molecule has 0 bridgehead atoms. The Labute approximate surface area is 160 Å². The van der Waals surface area contributed by atoms with Gasteiger partial charge in [0.15, 0.2) is 9.84 Å². The molecule has 3 rings (SSSR count). The Morgan fingerprint density at radius 2 is 1.96 bits per heavy atom. The molecule has 2 aromatic rings. The molecule has 1 N–H and O–H groups in total. The molecule has 9 heteroatoms. The molecule has 0 aliphatic carbocycles. The maximum absolute atomic E-state index is 12.5. The first kappa shape index (κ1) is 18.8. The van der Waals surface area contributed by atoms with E-state index in [4.69, 9.17) is 11.6 Å². The van der Waals surface area contributed by atoms with Gasteiger partial charge >= 0.3 is 0 Å². The predicted molar refractivity (Wildman–Crippen MR) is 103 cm³/mol. The number of carbonyl (C=O) groups excluding carboxylic acids is 2. The summed E-state index contributed by atoms with van der Waals surface area (Å²) in [7, 11) is -1.76. The van der Waals surface area contributed by atoms with Gasteiger partial charge in [-0.3, -0.25) is 9.59 Å². The minimum atomic E-state index is -3.44. The van der Waals surface area contributed by atoms with Crippen molar-refractivity contribution in [3.05, 3.63) is 47.0 Å². The first-order chi connectivity index (χ1) is 12.2. The fourth-order valence-corrected chi connectivity index (χ4v) is 4.81. The second kappa shape index (κ2) is 6.94. The highest BCUT2D eigenvalue weighted by Crippen LogP contribution is 2.35. The van der Waals surface area contributed by atoms with Gasteiger partial charge in [0.2, 0.25) is 5.91 Å². The van der Waals surface area contributed by atoms with Crippen LogP contribution in [0.3, 0.4) is 0 Å². The number of hydrogen-bond acceptors (Lipinski definition) is 5. The van der Waals surface area contributed by atoms with Crippen molar-refractivity contribution < 1.29 is 18.0 Å². The number of benzene rings is 2. The molecule has 2 aromatic carbocycles. The highest BCUT2D eigenvalue weighted by Gasteiger charge is 2.23. The number of amides is 2. The molecule has 0 saturated carbocycles. The molecule has 0 aromatic heterocycles. The molecule has 1 heterocycles. The summed E-state index contributed by atoms with van der Waals surface area (Å²) in [4.78, 5) is 26.8. The summed E-state index contributed by atoms with van der Waals surface area (Å²) in [6.07, 6.45) is 1.06. The average molecular weight is 411 g/mol. The normalized spacial score (nSPS) is 14.1. The Morgan fingerprint density at radius 3 is 2.62 bits per heavy atom. The molecule has 0 saturated heterocycles. The standard InChI is InChI=1S/C17H15ClN2O4S2/c1-20-13-7-10(3-5-14(13)25-9-16(20)21)17(22)19-11-4-6-15(12(18)8-11)26(2,23)24/h3-8H,9H2,1-2H3,(H,19,22). The average Bonchev–Trinajstić information content (AvgIpc) is 2.57. The van der Waals surface area contributed by atoms with E-state index in [9.17, 15) is 18.0 Å². The second-order valence-electron chi connectivity index (χ2n) is 5.80. The van der Waals surface area contributed by atoms with Crippen molar-refractivity contribution in [2.75, 3.05) is 29.3 Å². The smallest absolute Gasteiger partial charge is 0.255 e. The Morgan fingerprint density at radius 1 is 1.23 bits per heavy atom. The Kier molecular flexibility index (Phi) is 5.01. The molecule has 0 fully saturated rings. The van der Waals surface area contributed by atoms with Crippen molar-refractivity contribution in [3.63, 3.8) is 0 Å². The van der Waals surface area contributed by atoms with E-state index in [0.29, 0.717) is 22.7 Å². The van der Waals surface area contributed by atoms with Crippen LogP contribution in [0.2, 0.25) is 5.02 Å². The van der Waals surface area contributed by atoms with Gasteiger partial charge in [-0.2, -0.15) is 0 Å². The van der Waals surface area contributed by atoms with E-state index in [1.54, 1.807) is 25.2 Å². The fourth-order valence-electron chi connectivity index (χ4n) is 2.50. The summed E-state index contributed by atoms with van der Waals surface area (Å²) < 4.78 is 23.2. The second-order valence-corrected chi connectivity index (χ2v) is 9.20. The van der Waals surface area contributed by atoms with Crippen LogP contribution < -0.4 is 10.2 Å². The van der Waals surface area contributed by atoms with Crippen molar-refractivity contribution in [1.29, 1.82) is 0 Å². The van der Waals surface area contributed by atoms with Crippen LogP contribution in [-0.2, 0) is 14.6 Å². The first-order valence-corrected chi connectivity index (χ1v) is 10.8. The van der Waals surface area contributed by atoms with E-state index < -0.39 is 9.84 Å². The predicted octanol–water partition coefficient (Wildman–Crippen LogP) is 3.06. The van der Waals surface area contributed by atoms with E-state index in [2.05, 4.69) is 5.32 Å². The zero-order valence-corrected chi connectivity index (χ0v) is 16.3. The van der Waals surface area contributed by atoms with E-state index >= 15 is 0 Å². The van der Waals surface area contributed by atoms with Crippen LogP contribution in [0.4, 0.5) is 11.4 Å². The van der Waals surface area contributed by atoms with Gasteiger partial charge < -0.3 is 10.2 Å². The van der Waals surface area contributed by atoms with E-state index in [1.807, 2.05) is 0 Å². The van der Waals surface area contributed by atoms with Gasteiger partial charge in [-0.05, 0) is 36.4 Å². The third-order valence-electron chi connectivity index (χ3n) is 3.90. The summed E-state index contributed by atoms with van der Waals surface area (Å²) >= 11 is 7.43. The van der Waals surface area contributed by atoms with Gasteiger partial charge in [0.25, 0.3) is 5.91 Å². The molecule has 1 aliphatic heterocycles. The molecule has 1 aliphatic rings. The van der Waals surface area contributed by atoms with Gasteiger partial charge in [-0.25, -0.2) is 8.42 Å². The SMILES string of the molecule is CN1C(=O)CSc2ccc(C(=O)Nc3ccc(S(C)(=O)=O)c(Cl)c3)cc21. The summed E-state index contributed by atoms with van der Waals surface area (Å²) in [5, 5.41) is 2.72. The number of rotatable bonds is 3. The van der Waals surface area contributed by atoms with E-state index in [1.165, 1.54) is 34.9 Å². The van der Waals surface area contributed by atoms with Crippen molar-refractivity contribution in [3.8, 4) is 0 Å². The number of nitrogens with zero attached hydrogens (tertiary/aromatic N) is 1. The highest BCUT2D eigenvalue weighted by molar-refractivity contribution is 8.00. The minimum Gasteiger partial charge on any atom is -0.322 e. The van der Waals surface area contributed by atoms with Gasteiger partial charge in [-0.15, -0.1) is 11.8 Å². The topological polar surface area (TPSA) is 83.6 Å². The third-order valence-corrected chi connectivity index (χ3v) is 6.52. The summed E-state index contributed by atoms with van der Waals surface area (Å²) in [5.41, 5.74) is 1.45. The minimum absolute atomic E-state index is 0.00288. The summed E-state index contributed by atoms with van der Waals surface area (Å²) in [6.45, 7) is 0. The zero-order valence-electron chi connectivity index (χ0n) is 13.9. The Hall–Kier alpha value is -2.03. The quantitative estimate of drug-likeness (QED) is 0.840. The molecular formula is C17H15ClN2O4S2. The molecule has 2 amide bonds. The van der Waals surface area contributed by atoms with E-state index in [0.717, 1.165) is 11.2 Å². The monoisotopic (exact) mass is 410 g/mol. The number of hydrogen-bond donors (Lipinski definition) is 1. The van der Waals surface area contributed by atoms with Crippen LogP contribution in [0.5, 0.6) is 0 Å². The third kappa shape index (κ3) is 3.72. The van der Waals surface area contributed by atoms with Crippen LogP contribution in [0.15, 0.2) is 46.2 Å². The lowest BCUT2D eigenvalue weighted by Gasteiger charge is -2.25. The maximum Gasteiger partial charge on any atom is 0.255 e. The molecule has 0 spiro atoms. The molecule has 0 atom stereocenters.